The number of hydrazine groups is 2. The van der Waals surface area contributed by atoms with Gasteiger partial charge in [0.1, 0.15) is 0 Å². The Morgan fingerprint density at radius 1 is 1.14 bits per heavy atom. The molecule has 2 aromatic carbocycles. The molecule has 4 rings (SSSR count). The third-order valence-electron chi connectivity index (χ3n) is 4.11. The lowest BCUT2D eigenvalue weighted by Crippen LogP contribution is -2.45. The number of nitrogens with one attached hydrogen (secondary N) is 2. The number of hydrogen-bond acceptors (Lipinski definition) is 7. The van der Waals surface area contributed by atoms with Gasteiger partial charge >= 0.3 is 0 Å². The standard InChI is InChI=1S/C17H13Cl2N7O2/c18-14-2-1-3-15(16(14)19)25-17(12-8-20-21-9-12)22-23-24(25)10-11-4-6-13(7-5-11)26(27)28/h1-9,23H,10H2,(H,20,21). The summed E-state index contributed by atoms with van der Waals surface area (Å²) in [6.45, 7) is 0.367. The van der Waals surface area contributed by atoms with Crippen molar-refractivity contribution in [3.05, 3.63) is 86.1 Å². The number of aromatic nitrogens is 2. The first-order valence-corrected chi connectivity index (χ1v) is 8.87. The second-order valence-electron chi connectivity index (χ2n) is 5.89. The maximum absolute atomic E-state index is 10.9. The molecule has 1 aliphatic heterocycles. The summed E-state index contributed by atoms with van der Waals surface area (Å²) >= 11 is 12.6. The first-order valence-electron chi connectivity index (χ1n) is 8.12. The normalized spacial score (nSPS) is 14.1. The molecular weight excluding hydrogens is 405 g/mol. The summed E-state index contributed by atoms with van der Waals surface area (Å²) in [5.74, 6) is 0.569. The van der Waals surface area contributed by atoms with Crippen molar-refractivity contribution in [3.63, 3.8) is 0 Å². The molecule has 9 nitrogen and oxygen atoms in total. The topological polar surface area (TPSA) is 103 Å². The summed E-state index contributed by atoms with van der Waals surface area (Å²) in [4.78, 5) is 10.4. The number of non-ortho nitro benzene ring substituents is 1. The van der Waals surface area contributed by atoms with Gasteiger partial charge in [-0.15, -0.1) is 10.2 Å². The highest BCUT2D eigenvalue weighted by molar-refractivity contribution is 6.44. The number of aromatic amines is 1. The van der Waals surface area contributed by atoms with E-state index in [0.717, 1.165) is 11.1 Å². The van der Waals surface area contributed by atoms with Gasteiger partial charge in [-0.05, 0) is 17.7 Å². The minimum atomic E-state index is -0.434. The van der Waals surface area contributed by atoms with E-state index >= 15 is 0 Å². The van der Waals surface area contributed by atoms with Crippen LogP contribution in [-0.2, 0) is 6.54 Å². The number of rotatable bonds is 5. The lowest BCUT2D eigenvalue weighted by molar-refractivity contribution is -0.384. The zero-order valence-corrected chi connectivity index (χ0v) is 15.7. The maximum Gasteiger partial charge on any atom is 0.269 e. The fourth-order valence-corrected chi connectivity index (χ4v) is 3.15. The van der Waals surface area contributed by atoms with E-state index in [9.17, 15) is 10.1 Å². The molecule has 0 aliphatic carbocycles. The van der Waals surface area contributed by atoms with Crippen LogP contribution >= 0.6 is 23.2 Å². The highest BCUT2D eigenvalue weighted by atomic mass is 35.5. The predicted octanol–water partition coefficient (Wildman–Crippen LogP) is 3.73. The predicted molar refractivity (Wildman–Crippen MR) is 106 cm³/mol. The van der Waals surface area contributed by atoms with Crippen molar-refractivity contribution >= 4 is 40.4 Å². The van der Waals surface area contributed by atoms with Gasteiger partial charge in [0.05, 0.1) is 39.0 Å². The van der Waals surface area contributed by atoms with E-state index in [4.69, 9.17) is 23.2 Å². The smallest absolute Gasteiger partial charge is 0.269 e. The Balaban J connectivity index is 1.68. The van der Waals surface area contributed by atoms with Crippen molar-refractivity contribution in [2.75, 3.05) is 5.01 Å². The zero-order valence-electron chi connectivity index (χ0n) is 14.2. The average Bonchev–Trinajstić information content (AvgIpc) is 3.34. The molecule has 0 unspecified atom stereocenters. The van der Waals surface area contributed by atoms with Gasteiger partial charge in [-0.3, -0.25) is 15.2 Å². The fraction of sp³-hybridized carbons (Fsp3) is 0.0588. The molecule has 2 heterocycles. The number of hydrazone groups is 1. The third kappa shape index (κ3) is 3.38. The van der Waals surface area contributed by atoms with E-state index in [1.165, 1.54) is 12.1 Å². The highest BCUT2D eigenvalue weighted by Gasteiger charge is 2.31. The van der Waals surface area contributed by atoms with E-state index in [1.54, 1.807) is 46.8 Å². The van der Waals surface area contributed by atoms with Gasteiger partial charge in [0.25, 0.3) is 5.69 Å². The van der Waals surface area contributed by atoms with E-state index < -0.39 is 4.92 Å². The van der Waals surface area contributed by atoms with Crippen LogP contribution in [0.3, 0.4) is 0 Å². The van der Waals surface area contributed by atoms with E-state index in [1.807, 2.05) is 6.07 Å². The van der Waals surface area contributed by atoms with Crippen LogP contribution in [0.4, 0.5) is 11.4 Å². The zero-order chi connectivity index (χ0) is 19.7. The van der Waals surface area contributed by atoms with Crippen molar-refractivity contribution in [1.29, 1.82) is 0 Å². The maximum atomic E-state index is 10.9. The van der Waals surface area contributed by atoms with Crippen LogP contribution in [0.25, 0.3) is 0 Å². The van der Waals surface area contributed by atoms with E-state index in [-0.39, 0.29) is 5.69 Å². The van der Waals surface area contributed by atoms with Crippen molar-refractivity contribution < 1.29 is 4.92 Å². The number of H-pyrrole nitrogens is 1. The van der Waals surface area contributed by atoms with E-state index in [0.29, 0.717) is 28.1 Å². The first-order chi connectivity index (χ1) is 13.5. The molecule has 11 heteroatoms. The van der Waals surface area contributed by atoms with Gasteiger partial charge in [0, 0.05) is 18.3 Å². The Hall–Kier alpha value is -3.14. The van der Waals surface area contributed by atoms with Gasteiger partial charge < -0.3 is 0 Å². The Bertz CT molecular complexity index is 1040. The minimum Gasteiger partial charge on any atom is -0.285 e. The second-order valence-corrected chi connectivity index (χ2v) is 6.67. The van der Waals surface area contributed by atoms with Gasteiger partial charge in [-0.25, -0.2) is 10.5 Å². The average molecular weight is 418 g/mol. The number of amidine groups is 1. The van der Waals surface area contributed by atoms with Crippen molar-refractivity contribution in [2.24, 2.45) is 5.10 Å². The molecule has 28 heavy (non-hydrogen) atoms. The molecule has 0 amide bonds. The minimum absolute atomic E-state index is 0.0307. The third-order valence-corrected chi connectivity index (χ3v) is 4.92. The molecule has 142 valence electrons. The van der Waals surface area contributed by atoms with Gasteiger partial charge in [-0.2, -0.15) is 5.10 Å². The Labute approximate surface area is 169 Å². The highest BCUT2D eigenvalue weighted by Crippen LogP contribution is 2.35. The Morgan fingerprint density at radius 3 is 2.61 bits per heavy atom. The molecule has 1 aromatic heterocycles. The fourth-order valence-electron chi connectivity index (χ4n) is 2.77. The Morgan fingerprint density at radius 2 is 1.93 bits per heavy atom. The summed E-state index contributed by atoms with van der Waals surface area (Å²) in [5.41, 5.74) is 5.19. The molecule has 2 N–H and O–H groups in total. The van der Waals surface area contributed by atoms with Gasteiger partial charge in [0.15, 0.2) is 5.84 Å². The second kappa shape index (κ2) is 7.47. The summed E-state index contributed by atoms with van der Waals surface area (Å²) in [6, 6.07) is 11.6. The number of nitro groups is 1. The number of halogens is 2. The van der Waals surface area contributed by atoms with Crippen molar-refractivity contribution in [3.8, 4) is 0 Å². The molecule has 0 atom stereocenters. The summed E-state index contributed by atoms with van der Waals surface area (Å²) < 4.78 is 0. The largest absolute Gasteiger partial charge is 0.285 e. The first kappa shape index (κ1) is 18.2. The lowest BCUT2D eigenvalue weighted by Gasteiger charge is -2.30. The summed E-state index contributed by atoms with van der Waals surface area (Å²) in [7, 11) is 0. The van der Waals surface area contributed by atoms with Gasteiger partial charge in [-0.1, -0.05) is 41.4 Å². The van der Waals surface area contributed by atoms with Crippen molar-refractivity contribution in [2.45, 2.75) is 6.54 Å². The number of hydrogen-bond donors (Lipinski definition) is 2. The molecule has 0 saturated carbocycles. The molecule has 0 saturated heterocycles. The molecule has 0 bridgehead atoms. The van der Waals surface area contributed by atoms with Crippen LogP contribution in [0.15, 0.2) is 60.0 Å². The number of nitrogens with zero attached hydrogens (tertiary/aromatic N) is 5. The number of benzene rings is 2. The molecule has 0 spiro atoms. The van der Waals surface area contributed by atoms with Crippen LogP contribution in [-0.4, -0.2) is 26.1 Å². The van der Waals surface area contributed by atoms with E-state index in [2.05, 4.69) is 20.8 Å². The Kier molecular flexibility index (Phi) is 4.86. The van der Waals surface area contributed by atoms with Crippen LogP contribution in [0.2, 0.25) is 10.0 Å². The van der Waals surface area contributed by atoms with Crippen LogP contribution in [0.5, 0.6) is 0 Å². The van der Waals surface area contributed by atoms with Gasteiger partial charge in [0.2, 0.25) is 0 Å². The number of nitro benzene ring substituents is 1. The SMILES string of the molecule is O=[N+]([O-])c1ccc(CN2NN=C(c3cn[nH]c3)N2c2cccc(Cl)c2Cl)cc1. The molecule has 3 aromatic rings. The number of anilines is 1. The molecule has 0 fully saturated rings. The molecule has 0 radical (unpaired) electrons. The quantitative estimate of drug-likeness (QED) is 0.484. The molecule has 1 aliphatic rings. The lowest BCUT2D eigenvalue weighted by atomic mass is 10.2. The van der Waals surface area contributed by atoms with Crippen LogP contribution < -0.4 is 10.5 Å². The summed E-state index contributed by atoms with van der Waals surface area (Å²) in [5, 5.41) is 26.2. The molecular formula is C17H13Cl2N7O2. The monoisotopic (exact) mass is 417 g/mol. The van der Waals surface area contributed by atoms with Crippen molar-refractivity contribution in [1.82, 2.24) is 20.9 Å². The summed E-state index contributed by atoms with van der Waals surface area (Å²) in [6.07, 6.45) is 3.35. The van der Waals surface area contributed by atoms with Crippen LogP contribution in [0, 0.1) is 10.1 Å². The van der Waals surface area contributed by atoms with Crippen LogP contribution in [0.1, 0.15) is 11.1 Å².